The molecule has 1 saturated carbocycles. The minimum atomic E-state index is -0.178. The lowest BCUT2D eigenvalue weighted by molar-refractivity contribution is -0.961. The summed E-state index contributed by atoms with van der Waals surface area (Å²) in [6.07, 6.45) is 3.36. The van der Waals surface area contributed by atoms with E-state index in [1.807, 2.05) is 0 Å². The van der Waals surface area contributed by atoms with Crippen molar-refractivity contribution in [3.63, 3.8) is 0 Å². The van der Waals surface area contributed by atoms with E-state index in [0.717, 1.165) is 12.8 Å². The highest BCUT2D eigenvalue weighted by Crippen LogP contribution is 2.44. The fourth-order valence-corrected chi connectivity index (χ4v) is 5.19. The summed E-state index contributed by atoms with van der Waals surface area (Å²) in [5, 5.41) is 11.1. The van der Waals surface area contributed by atoms with Gasteiger partial charge in [0, 0.05) is 23.0 Å². The molecule has 23 heavy (non-hydrogen) atoms. The number of hydrogen-bond acceptors (Lipinski definition) is 1. The molecule has 1 aliphatic heterocycles. The van der Waals surface area contributed by atoms with Crippen molar-refractivity contribution in [2.75, 3.05) is 7.05 Å². The number of aliphatic hydroxyl groups excluding tert-OH is 1. The maximum Gasteiger partial charge on any atom is 0.119 e. The van der Waals surface area contributed by atoms with Gasteiger partial charge in [0.1, 0.15) is 12.1 Å². The van der Waals surface area contributed by atoms with Crippen LogP contribution in [0.2, 0.25) is 0 Å². The summed E-state index contributed by atoms with van der Waals surface area (Å²) in [7, 11) is 2.33. The Morgan fingerprint density at radius 1 is 0.783 bits per heavy atom. The van der Waals surface area contributed by atoms with Gasteiger partial charge in [-0.05, 0) is 12.8 Å². The molecule has 1 heterocycles. The first-order chi connectivity index (χ1) is 11.3. The molecule has 6 atom stereocenters. The third-order valence-electron chi connectivity index (χ3n) is 6.11. The quantitative estimate of drug-likeness (QED) is 0.876. The number of fused-ring (bicyclic) bond motifs is 2. The normalized spacial score (nSPS) is 36.6. The van der Waals surface area contributed by atoms with Gasteiger partial charge in [-0.1, -0.05) is 67.1 Å². The molecule has 2 aromatic carbocycles. The Kier molecular flexibility index (Phi) is 3.96. The van der Waals surface area contributed by atoms with Crippen molar-refractivity contribution >= 4 is 0 Å². The second-order valence-corrected chi connectivity index (χ2v) is 7.27. The molecule has 2 aliphatic rings. The molecule has 1 aliphatic carbocycles. The van der Waals surface area contributed by atoms with Crippen LogP contribution in [0, 0.1) is 11.8 Å². The van der Waals surface area contributed by atoms with Gasteiger partial charge < -0.3 is 10.0 Å². The van der Waals surface area contributed by atoms with Crippen LogP contribution in [0.4, 0.5) is 0 Å². The number of piperidine rings is 1. The summed E-state index contributed by atoms with van der Waals surface area (Å²) in [6.45, 7) is 0. The van der Waals surface area contributed by atoms with Crippen LogP contribution in [0.3, 0.4) is 0 Å². The third-order valence-corrected chi connectivity index (χ3v) is 6.11. The van der Waals surface area contributed by atoms with Crippen molar-refractivity contribution in [3.8, 4) is 0 Å². The number of quaternary nitrogens is 1. The Balaban J connectivity index is 1.78. The molecule has 2 N–H and O–H groups in total. The van der Waals surface area contributed by atoms with Gasteiger partial charge in [-0.3, -0.25) is 0 Å². The number of rotatable bonds is 2. The van der Waals surface area contributed by atoms with Crippen molar-refractivity contribution in [3.05, 3.63) is 71.8 Å². The van der Waals surface area contributed by atoms with E-state index in [-0.39, 0.29) is 6.10 Å². The van der Waals surface area contributed by atoms with E-state index < -0.39 is 0 Å². The Bertz CT molecular complexity index is 586. The molecule has 2 aromatic rings. The molecule has 0 spiro atoms. The molecule has 2 unspecified atom stereocenters. The molecule has 0 aromatic heterocycles. The molecule has 0 radical (unpaired) electrons. The average molecular weight is 308 g/mol. The minimum absolute atomic E-state index is 0.178. The summed E-state index contributed by atoms with van der Waals surface area (Å²) < 4.78 is 0. The number of hydrogen-bond donors (Lipinski definition) is 2. The molecule has 2 heteroatoms. The SMILES string of the molecule is C[NH+]1[C@H](c2ccccc2)[C@@H]2CCC[C@@H](C2O)[C@@H]1c1ccccc1. The molecule has 1 saturated heterocycles. The lowest BCUT2D eigenvalue weighted by Gasteiger charge is -2.51. The zero-order chi connectivity index (χ0) is 15.8. The summed E-state index contributed by atoms with van der Waals surface area (Å²) in [5.41, 5.74) is 2.74. The third kappa shape index (κ3) is 2.50. The monoisotopic (exact) mass is 308 g/mol. The molecular weight excluding hydrogens is 282 g/mol. The number of benzene rings is 2. The fourth-order valence-electron chi connectivity index (χ4n) is 5.19. The molecule has 2 bridgehead atoms. The highest BCUT2D eigenvalue weighted by molar-refractivity contribution is 5.23. The van der Waals surface area contributed by atoms with E-state index >= 15 is 0 Å². The van der Waals surface area contributed by atoms with E-state index in [1.54, 1.807) is 4.90 Å². The highest BCUT2D eigenvalue weighted by Gasteiger charge is 2.52. The zero-order valence-electron chi connectivity index (χ0n) is 13.7. The molecule has 2 nitrogen and oxygen atoms in total. The molecule has 120 valence electrons. The fraction of sp³-hybridized carbons (Fsp3) is 0.429. The van der Waals surface area contributed by atoms with Crippen LogP contribution in [0.25, 0.3) is 0 Å². The smallest absolute Gasteiger partial charge is 0.119 e. The van der Waals surface area contributed by atoms with E-state index in [4.69, 9.17) is 0 Å². The Morgan fingerprint density at radius 2 is 1.22 bits per heavy atom. The van der Waals surface area contributed by atoms with Crippen LogP contribution in [-0.2, 0) is 0 Å². The van der Waals surface area contributed by atoms with Crippen LogP contribution >= 0.6 is 0 Å². The van der Waals surface area contributed by atoms with Gasteiger partial charge in [-0.2, -0.15) is 0 Å². The van der Waals surface area contributed by atoms with Gasteiger partial charge in [0.25, 0.3) is 0 Å². The number of likely N-dealkylation sites (tertiary alicyclic amines) is 1. The van der Waals surface area contributed by atoms with Gasteiger partial charge in [0.2, 0.25) is 0 Å². The van der Waals surface area contributed by atoms with Crippen molar-refractivity contribution in [1.82, 2.24) is 0 Å². The number of aliphatic hydroxyl groups is 1. The summed E-state index contributed by atoms with van der Waals surface area (Å²) in [4.78, 5) is 1.54. The van der Waals surface area contributed by atoms with Gasteiger partial charge in [-0.25, -0.2) is 0 Å². The first kappa shape index (κ1) is 14.9. The van der Waals surface area contributed by atoms with Gasteiger partial charge in [-0.15, -0.1) is 0 Å². The van der Waals surface area contributed by atoms with Gasteiger partial charge in [0.05, 0.1) is 13.2 Å². The summed E-state index contributed by atoms with van der Waals surface area (Å²) in [6, 6.07) is 22.4. The lowest BCUT2D eigenvalue weighted by Crippen LogP contribution is -3.13. The van der Waals surface area contributed by atoms with E-state index in [1.165, 1.54) is 17.5 Å². The van der Waals surface area contributed by atoms with Crippen LogP contribution in [0.15, 0.2) is 60.7 Å². The van der Waals surface area contributed by atoms with E-state index in [0.29, 0.717) is 23.9 Å². The Morgan fingerprint density at radius 3 is 1.65 bits per heavy atom. The lowest BCUT2D eigenvalue weighted by atomic mass is 9.65. The van der Waals surface area contributed by atoms with Gasteiger partial charge >= 0.3 is 0 Å². The average Bonchev–Trinajstić information content (AvgIpc) is 2.59. The maximum atomic E-state index is 11.1. The second kappa shape index (κ2) is 6.10. The minimum Gasteiger partial charge on any atom is -0.392 e. The van der Waals surface area contributed by atoms with E-state index in [9.17, 15) is 5.11 Å². The van der Waals surface area contributed by atoms with Crippen molar-refractivity contribution in [1.29, 1.82) is 0 Å². The van der Waals surface area contributed by atoms with Crippen molar-refractivity contribution < 1.29 is 10.0 Å². The van der Waals surface area contributed by atoms with Crippen LogP contribution < -0.4 is 4.90 Å². The second-order valence-electron chi connectivity index (χ2n) is 7.27. The Hall–Kier alpha value is -1.64. The first-order valence-electron chi connectivity index (χ1n) is 8.88. The molecule has 0 amide bonds. The summed E-state index contributed by atoms with van der Waals surface area (Å²) in [5.74, 6) is 0.771. The maximum absolute atomic E-state index is 11.1. The van der Waals surface area contributed by atoms with Crippen LogP contribution in [0.5, 0.6) is 0 Å². The largest absolute Gasteiger partial charge is 0.392 e. The zero-order valence-corrected chi connectivity index (χ0v) is 13.7. The highest BCUT2D eigenvalue weighted by atomic mass is 16.3. The standard InChI is InChI=1S/C21H25NO/c1-22-19(15-9-4-2-5-10-15)17-13-8-14-18(21(17)23)20(22)16-11-6-3-7-12-16/h2-7,9-12,17-21,23H,8,13-14H2,1H3/p+1/t17-,18+,19+,20-,21?. The topological polar surface area (TPSA) is 24.7 Å². The molecule has 2 fully saturated rings. The predicted molar refractivity (Wildman–Crippen MR) is 92.1 cm³/mol. The summed E-state index contributed by atoms with van der Waals surface area (Å²) >= 11 is 0. The molecule has 4 rings (SSSR count). The van der Waals surface area contributed by atoms with Gasteiger partial charge in [0.15, 0.2) is 0 Å². The predicted octanol–water partition coefficient (Wildman–Crippen LogP) is 2.77. The van der Waals surface area contributed by atoms with Crippen molar-refractivity contribution in [2.24, 2.45) is 11.8 Å². The Labute approximate surface area is 138 Å². The van der Waals surface area contributed by atoms with Crippen molar-refractivity contribution in [2.45, 2.75) is 37.5 Å². The van der Waals surface area contributed by atoms with E-state index in [2.05, 4.69) is 67.7 Å². The number of nitrogens with one attached hydrogen (secondary N) is 1. The first-order valence-corrected chi connectivity index (χ1v) is 8.88. The van der Waals surface area contributed by atoms with Crippen LogP contribution in [-0.4, -0.2) is 18.3 Å². The van der Waals surface area contributed by atoms with Crippen LogP contribution in [0.1, 0.15) is 42.5 Å². The molecular formula is C21H26NO+.